The highest BCUT2D eigenvalue weighted by Crippen LogP contribution is 2.40. The molecule has 188 valence electrons. The molecule has 10 heteroatoms. The molecule has 0 radical (unpaired) electrons. The van der Waals surface area contributed by atoms with Crippen molar-refractivity contribution >= 4 is 22.5 Å². The molecule has 37 heavy (non-hydrogen) atoms. The molecule has 1 aliphatic heterocycles. The fourth-order valence-corrected chi connectivity index (χ4v) is 4.51. The molecule has 1 fully saturated rings. The number of hydrogen-bond acceptors (Lipinski definition) is 4. The van der Waals surface area contributed by atoms with Gasteiger partial charge in [0.15, 0.2) is 0 Å². The number of benzene rings is 3. The fourth-order valence-electron chi connectivity index (χ4n) is 4.51. The number of rotatable bonds is 5. The Morgan fingerprint density at radius 1 is 1.00 bits per heavy atom. The zero-order chi connectivity index (χ0) is 26.2. The smallest absolute Gasteiger partial charge is 0.354 e. The fraction of sp³-hybridized carbons (Fsp3) is 0.222. The van der Waals surface area contributed by atoms with Crippen LogP contribution in [0, 0.1) is 24.1 Å². The summed E-state index contributed by atoms with van der Waals surface area (Å²) < 4.78 is 70.3. The molecule has 0 amide bonds. The van der Waals surface area contributed by atoms with Crippen LogP contribution in [0.4, 0.5) is 33.6 Å². The summed E-state index contributed by atoms with van der Waals surface area (Å²) in [7, 11) is 0. The summed E-state index contributed by atoms with van der Waals surface area (Å²) in [5, 5.41) is 6.79. The van der Waals surface area contributed by atoms with E-state index in [2.05, 4.69) is 25.4 Å². The number of fused-ring (bicyclic) bond motifs is 1. The molecule has 5 nitrogen and oxygen atoms in total. The SMILES string of the molecule is [C-]#[N+]c1ccc(-c2nc(NC[C@H]3CCNC3)nc3ccc(-c4c(F)cccc4C(F)(F)F)cc23)cc1F. The van der Waals surface area contributed by atoms with E-state index in [1.807, 2.05) is 0 Å². The van der Waals surface area contributed by atoms with Crippen LogP contribution < -0.4 is 10.6 Å². The molecule has 1 aliphatic rings. The van der Waals surface area contributed by atoms with E-state index >= 15 is 0 Å². The van der Waals surface area contributed by atoms with Crippen molar-refractivity contribution in [3.05, 3.63) is 83.2 Å². The molecular formula is C27H20F5N5. The molecule has 2 N–H and O–H groups in total. The predicted octanol–water partition coefficient (Wildman–Crippen LogP) is 6.83. The van der Waals surface area contributed by atoms with Crippen molar-refractivity contribution in [3.8, 4) is 22.4 Å². The van der Waals surface area contributed by atoms with Gasteiger partial charge in [0.2, 0.25) is 11.6 Å². The lowest BCUT2D eigenvalue weighted by Crippen LogP contribution is -2.18. The lowest BCUT2D eigenvalue weighted by molar-refractivity contribution is -0.137. The second kappa shape index (κ2) is 9.75. The van der Waals surface area contributed by atoms with Gasteiger partial charge < -0.3 is 10.6 Å². The zero-order valence-corrected chi connectivity index (χ0v) is 19.3. The van der Waals surface area contributed by atoms with Gasteiger partial charge in [-0.05, 0) is 61.3 Å². The molecule has 0 spiro atoms. The minimum absolute atomic E-state index is 0.0150. The topological polar surface area (TPSA) is 54.2 Å². The molecular weight excluding hydrogens is 489 g/mol. The van der Waals surface area contributed by atoms with E-state index < -0.39 is 28.9 Å². The summed E-state index contributed by atoms with van der Waals surface area (Å²) in [6.45, 7) is 9.46. The highest BCUT2D eigenvalue weighted by Gasteiger charge is 2.35. The molecule has 4 aromatic rings. The maximum Gasteiger partial charge on any atom is 0.417 e. The van der Waals surface area contributed by atoms with Crippen molar-refractivity contribution in [1.82, 2.24) is 15.3 Å². The monoisotopic (exact) mass is 509 g/mol. The third-order valence-corrected chi connectivity index (χ3v) is 6.36. The summed E-state index contributed by atoms with van der Waals surface area (Å²) in [6.07, 6.45) is -3.78. The van der Waals surface area contributed by atoms with Gasteiger partial charge in [-0.15, -0.1) is 0 Å². The van der Waals surface area contributed by atoms with Gasteiger partial charge in [0, 0.05) is 23.1 Å². The number of nitrogens with zero attached hydrogens (tertiary/aromatic N) is 3. The van der Waals surface area contributed by atoms with Crippen LogP contribution in [0.15, 0.2) is 54.6 Å². The number of nitrogens with one attached hydrogen (secondary N) is 2. The van der Waals surface area contributed by atoms with Crippen LogP contribution in [0.25, 0.3) is 38.1 Å². The summed E-state index contributed by atoms with van der Waals surface area (Å²) in [6, 6.07) is 11.0. The first-order valence-electron chi connectivity index (χ1n) is 11.5. The van der Waals surface area contributed by atoms with E-state index in [1.54, 1.807) is 0 Å². The van der Waals surface area contributed by atoms with Crippen molar-refractivity contribution in [2.75, 3.05) is 25.0 Å². The molecule has 1 saturated heterocycles. The number of alkyl halides is 3. The molecule has 1 atom stereocenters. The summed E-state index contributed by atoms with van der Waals surface area (Å²) >= 11 is 0. The Hall–Kier alpha value is -4.10. The van der Waals surface area contributed by atoms with Crippen LogP contribution in [0.1, 0.15) is 12.0 Å². The third kappa shape index (κ3) is 4.95. The van der Waals surface area contributed by atoms with Crippen molar-refractivity contribution < 1.29 is 22.0 Å². The van der Waals surface area contributed by atoms with E-state index in [-0.39, 0.29) is 22.9 Å². The molecule has 1 aromatic heterocycles. The van der Waals surface area contributed by atoms with Gasteiger partial charge in [0.25, 0.3) is 0 Å². The van der Waals surface area contributed by atoms with Crippen LogP contribution in [0.5, 0.6) is 0 Å². The molecule has 3 aromatic carbocycles. The lowest BCUT2D eigenvalue weighted by atomic mass is 9.96. The predicted molar refractivity (Wildman–Crippen MR) is 131 cm³/mol. The van der Waals surface area contributed by atoms with Crippen LogP contribution in [-0.4, -0.2) is 29.6 Å². The summed E-state index contributed by atoms with van der Waals surface area (Å²) in [5.74, 6) is -1.12. The Kier molecular flexibility index (Phi) is 6.48. The van der Waals surface area contributed by atoms with Gasteiger partial charge in [0.1, 0.15) is 11.6 Å². The highest BCUT2D eigenvalue weighted by molar-refractivity contribution is 5.96. The van der Waals surface area contributed by atoms with Crippen LogP contribution in [0.3, 0.4) is 0 Å². The lowest BCUT2D eigenvalue weighted by Gasteiger charge is -2.16. The Bertz CT molecular complexity index is 1520. The van der Waals surface area contributed by atoms with Gasteiger partial charge >= 0.3 is 6.18 Å². The second-order valence-electron chi connectivity index (χ2n) is 8.81. The van der Waals surface area contributed by atoms with Crippen molar-refractivity contribution in [2.45, 2.75) is 12.6 Å². The first-order valence-corrected chi connectivity index (χ1v) is 11.5. The van der Waals surface area contributed by atoms with Crippen LogP contribution >= 0.6 is 0 Å². The van der Waals surface area contributed by atoms with E-state index in [9.17, 15) is 22.0 Å². The number of hydrogen-bond donors (Lipinski definition) is 2. The van der Waals surface area contributed by atoms with Crippen molar-refractivity contribution in [3.63, 3.8) is 0 Å². The Morgan fingerprint density at radius 2 is 1.81 bits per heavy atom. The third-order valence-electron chi connectivity index (χ3n) is 6.36. The quantitative estimate of drug-likeness (QED) is 0.229. The minimum atomic E-state index is -4.77. The largest absolute Gasteiger partial charge is 0.417 e. The van der Waals surface area contributed by atoms with E-state index in [0.717, 1.165) is 43.8 Å². The number of halogens is 5. The van der Waals surface area contributed by atoms with E-state index in [4.69, 9.17) is 6.57 Å². The first-order chi connectivity index (χ1) is 17.7. The Morgan fingerprint density at radius 3 is 2.51 bits per heavy atom. The molecule has 5 rings (SSSR count). The summed E-state index contributed by atoms with van der Waals surface area (Å²) in [5.41, 5.74) is -0.933. The maximum absolute atomic E-state index is 14.7. The zero-order valence-electron chi connectivity index (χ0n) is 19.3. The van der Waals surface area contributed by atoms with Gasteiger partial charge in [-0.25, -0.2) is 23.6 Å². The Balaban J connectivity index is 1.68. The molecule has 0 unspecified atom stereocenters. The van der Waals surface area contributed by atoms with E-state index in [1.165, 1.54) is 30.3 Å². The van der Waals surface area contributed by atoms with Crippen molar-refractivity contribution in [2.24, 2.45) is 5.92 Å². The average molecular weight is 509 g/mol. The summed E-state index contributed by atoms with van der Waals surface area (Å²) in [4.78, 5) is 12.2. The van der Waals surface area contributed by atoms with E-state index in [0.29, 0.717) is 28.9 Å². The van der Waals surface area contributed by atoms with Gasteiger partial charge in [-0.3, -0.25) is 0 Å². The normalized spacial score (nSPS) is 15.6. The molecule has 2 heterocycles. The van der Waals surface area contributed by atoms with Crippen LogP contribution in [0.2, 0.25) is 0 Å². The van der Waals surface area contributed by atoms with Gasteiger partial charge in [-0.2, -0.15) is 13.2 Å². The number of anilines is 1. The molecule has 0 aliphatic carbocycles. The maximum atomic E-state index is 14.7. The van der Waals surface area contributed by atoms with Gasteiger partial charge in [-0.1, -0.05) is 24.3 Å². The second-order valence-corrected chi connectivity index (χ2v) is 8.81. The Labute approximate surface area is 209 Å². The minimum Gasteiger partial charge on any atom is -0.354 e. The van der Waals surface area contributed by atoms with Crippen LogP contribution in [-0.2, 0) is 6.18 Å². The first kappa shape index (κ1) is 24.6. The highest BCUT2D eigenvalue weighted by atomic mass is 19.4. The van der Waals surface area contributed by atoms with Crippen molar-refractivity contribution in [1.29, 1.82) is 0 Å². The standard InChI is InChI=1S/C27H20F5N5/c1-33-23-8-6-17(12-21(23)29)25-18-11-16(24-19(27(30,31)32)3-2-4-20(24)28)5-7-22(18)36-26(37-25)35-14-15-9-10-34-13-15/h2-8,11-12,15,34H,9-10,13-14H2,(H,35,36,37)/t15-/m0/s1. The average Bonchev–Trinajstić information content (AvgIpc) is 3.40. The number of aromatic nitrogens is 2. The van der Waals surface area contributed by atoms with Gasteiger partial charge in [0.05, 0.1) is 23.3 Å². The molecule has 0 bridgehead atoms. The molecule has 0 saturated carbocycles.